The second-order valence-electron chi connectivity index (χ2n) is 4.79. The SMILES string of the molecule is CCNC(=O)C1COCCN1c1c(N)cccc1C(N)=O. The Morgan fingerprint density at radius 1 is 1.48 bits per heavy atom. The minimum atomic E-state index is -0.571. The number of hydrogen-bond acceptors (Lipinski definition) is 5. The van der Waals surface area contributed by atoms with Gasteiger partial charge in [0.1, 0.15) is 6.04 Å². The zero-order valence-electron chi connectivity index (χ0n) is 12.0. The first-order valence-corrected chi connectivity index (χ1v) is 6.86. The monoisotopic (exact) mass is 292 g/mol. The highest BCUT2D eigenvalue weighted by Gasteiger charge is 2.32. The van der Waals surface area contributed by atoms with Crippen molar-refractivity contribution < 1.29 is 14.3 Å². The minimum absolute atomic E-state index is 0.157. The smallest absolute Gasteiger partial charge is 0.250 e. The van der Waals surface area contributed by atoms with Crippen molar-refractivity contribution in [3.8, 4) is 0 Å². The molecule has 1 heterocycles. The fourth-order valence-electron chi connectivity index (χ4n) is 2.46. The van der Waals surface area contributed by atoms with E-state index in [1.165, 1.54) is 0 Å². The molecular weight excluding hydrogens is 272 g/mol. The maximum absolute atomic E-state index is 12.2. The Labute approximate surface area is 123 Å². The van der Waals surface area contributed by atoms with Gasteiger partial charge in [0.15, 0.2) is 0 Å². The lowest BCUT2D eigenvalue weighted by atomic mass is 10.1. The van der Waals surface area contributed by atoms with Crippen LogP contribution in [0.15, 0.2) is 18.2 Å². The number of morpholine rings is 1. The molecule has 1 atom stereocenters. The zero-order chi connectivity index (χ0) is 15.4. The Hall–Kier alpha value is -2.28. The van der Waals surface area contributed by atoms with Crippen LogP contribution in [0.5, 0.6) is 0 Å². The fraction of sp³-hybridized carbons (Fsp3) is 0.429. The Balaban J connectivity index is 2.42. The van der Waals surface area contributed by atoms with Crippen LogP contribution in [-0.4, -0.2) is 44.2 Å². The normalized spacial score (nSPS) is 18.3. The van der Waals surface area contributed by atoms with Crippen LogP contribution in [0, 0.1) is 0 Å². The van der Waals surface area contributed by atoms with E-state index in [4.69, 9.17) is 16.2 Å². The van der Waals surface area contributed by atoms with E-state index in [0.29, 0.717) is 36.6 Å². The first-order valence-electron chi connectivity index (χ1n) is 6.86. The van der Waals surface area contributed by atoms with Gasteiger partial charge in [-0.3, -0.25) is 9.59 Å². The van der Waals surface area contributed by atoms with E-state index in [2.05, 4.69) is 5.32 Å². The Morgan fingerprint density at radius 2 is 2.24 bits per heavy atom. The summed E-state index contributed by atoms with van der Waals surface area (Å²) in [7, 11) is 0. The Kier molecular flexibility index (Phi) is 4.64. The predicted molar refractivity (Wildman–Crippen MR) is 80.0 cm³/mol. The maximum Gasteiger partial charge on any atom is 0.250 e. The van der Waals surface area contributed by atoms with Gasteiger partial charge < -0.3 is 26.4 Å². The molecule has 0 radical (unpaired) electrons. The number of nitrogens with one attached hydrogen (secondary N) is 1. The van der Waals surface area contributed by atoms with Gasteiger partial charge >= 0.3 is 0 Å². The number of rotatable bonds is 4. The highest BCUT2D eigenvalue weighted by atomic mass is 16.5. The first-order chi connectivity index (χ1) is 10.1. The Morgan fingerprint density at radius 3 is 2.90 bits per heavy atom. The molecule has 1 unspecified atom stereocenters. The lowest BCUT2D eigenvalue weighted by molar-refractivity contribution is -0.124. The van der Waals surface area contributed by atoms with Crippen LogP contribution in [-0.2, 0) is 9.53 Å². The molecule has 1 saturated heterocycles. The molecular formula is C14H20N4O3. The van der Waals surface area contributed by atoms with E-state index in [1.807, 2.05) is 6.92 Å². The van der Waals surface area contributed by atoms with Crippen molar-refractivity contribution in [2.45, 2.75) is 13.0 Å². The first kappa shape index (κ1) is 15.1. The molecule has 7 heteroatoms. The average molecular weight is 292 g/mol. The largest absolute Gasteiger partial charge is 0.397 e. The summed E-state index contributed by atoms with van der Waals surface area (Å²) < 4.78 is 5.38. The molecule has 5 N–H and O–H groups in total. The van der Waals surface area contributed by atoms with Crippen molar-refractivity contribution in [2.75, 3.05) is 36.9 Å². The number of likely N-dealkylation sites (N-methyl/N-ethyl adjacent to an activating group) is 1. The molecule has 1 aromatic rings. The Bertz CT molecular complexity index is 547. The van der Waals surface area contributed by atoms with Crippen LogP contribution in [0.25, 0.3) is 0 Å². The van der Waals surface area contributed by atoms with Gasteiger partial charge in [-0.15, -0.1) is 0 Å². The van der Waals surface area contributed by atoms with Crippen molar-refractivity contribution in [1.82, 2.24) is 5.32 Å². The van der Waals surface area contributed by atoms with Gasteiger partial charge in [-0.25, -0.2) is 0 Å². The summed E-state index contributed by atoms with van der Waals surface area (Å²) in [5.74, 6) is -0.727. The molecule has 2 rings (SSSR count). The third-order valence-corrected chi connectivity index (χ3v) is 3.40. The van der Waals surface area contributed by atoms with Gasteiger partial charge in [0.05, 0.1) is 30.2 Å². The average Bonchev–Trinajstić information content (AvgIpc) is 2.47. The lowest BCUT2D eigenvalue weighted by Crippen LogP contribution is -2.54. The van der Waals surface area contributed by atoms with E-state index in [-0.39, 0.29) is 12.5 Å². The van der Waals surface area contributed by atoms with Gasteiger partial charge in [0.25, 0.3) is 5.91 Å². The topological polar surface area (TPSA) is 111 Å². The number of primary amides is 1. The lowest BCUT2D eigenvalue weighted by Gasteiger charge is -2.37. The number of anilines is 2. The number of ether oxygens (including phenoxy) is 1. The van der Waals surface area contributed by atoms with Crippen LogP contribution in [0.2, 0.25) is 0 Å². The molecule has 0 saturated carbocycles. The number of benzene rings is 1. The second kappa shape index (κ2) is 6.45. The van der Waals surface area contributed by atoms with Gasteiger partial charge in [0, 0.05) is 13.1 Å². The number of nitrogens with zero attached hydrogens (tertiary/aromatic N) is 1. The molecule has 0 aromatic heterocycles. The number of nitrogen functional groups attached to an aromatic ring is 1. The molecule has 21 heavy (non-hydrogen) atoms. The molecule has 1 aliphatic heterocycles. The van der Waals surface area contributed by atoms with Gasteiger partial charge in [-0.1, -0.05) is 6.07 Å². The van der Waals surface area contributed by atoms with Crippen molar-refractivity contribution in [3.05, 3.63) is 23.8 Å². The molecule has 0 bridgehead atoms. The number of para-hydroxylation sites is 1. The number of nitrogens with two attached hydrogens (primary N) is 2. The van der Waals surface area contributed by atoms with E-state index in [0.717, 1.165) is 0 Å². The van der Waals surface area contributed by atoms with Crippen LogP contribution >= 0.6 is 0 Å². The summed E-state index contributed by atoms with van der Waals surface area (Å²) in [5.41, 5.74) is 12.7. The van der Waals surface area contributed by atoms with E-state index in [9.17, 15) is 9.59 Å². The van der Waals surface area contributed by atoms with E-state index in [1.54, 1.807) is 23.1 Å². The van der Waals surface area contributed by atoms with Crippen LogP contribution in [0.3, 0.4) is 0 Å². The van der Waals surface area contributed by atoms with Gasteiger partial charge in [-0.2, -0.15) is 0 Å². The number of hydrogen-bond donors (Lipinski definition) is 3. The number of carbonyl (C=O) groups excluding carboxylic acids is 2. The summed E-state index contributed by atoms with van der Waals surface area (Å²) >= 11 is 0. The van der Waals surface area contributed by atoms with Crippen LogP contribution in [0.1, 0.15) is 17.3 Å². The molecule has 7 nitrogen and oxygen atoms in total. The minimum Gasteiger partial charge on any atom is -0.397 e. The predicted octanol–water partition coefficient (Wildman–Crippen LogP) is -0.291. The summed E-state index contributed by atoms with van der Waals surface area (Å²) in [6, 6.07) is 4.44. The standard InChI is InChI=1S/C14H20N4O3/c1-2-17-14(20)11-8-21-7-6-18(11)12-9(13(16)19)4-3-5-10(12)15/h3-5,11H,2,6-8,15H2,1H3,(H2,16,19)(H,17,20). The fourth-order valence-corrected chi connectivity index (χ4v) is 2.46. The van der Waals surface area contributed by atoms with Crippen molar-refractivity contribution >= 4 is 23.2 Å². The van der Waals surface area contributed by atoms with E-state index < -0.39 is 11.9 Å². The number of carbonyl (C=O) groups is 2. The molecule has 1 aromatic carbocycles. The highest BCUT2D eigenvalue weighted by molar-refractivity contribution is 6.02. The molecule has 2 amide bonds. The van der Waals surface area contributed by atoms with Crippen molar-refractivity contribution in [3.63, 3.8) is 0 Å². The molecule has 0 aliphatic carbocycles. The summed E-state index contributed by atoms with van der Waals surface area (Å²) in [4.78, 5) is 25.6. The zero-order valence-corrected chi connectivity index (χ0v) is 12.0. The van der Waals surface area contributed by atoms with E-state index >= 15 is 0 Å². The van der Waals surface area contributed by atoms with Crippen LogP contribution < -0.4 is 21.7 Å². The second-order valence-corrected chi connectivity index (χ2v) is 4.79. The van der Waals surface area contributed by atoms with Gasteiger partial charge in [0.2, 0.25) is 5.91 Å². The third-order valence-electron chi connectivity index (χ3n) is 3.40. The highest BCUT2D eigenvalue weighted by Crippen LogP contribution is 2.30. The van der Waals surface area contributed by atoms with Crippen LogP contribution in [0.4, 0.5) is 11.4 Å². The maximum atomic E-state index is 12.2. The molecule has 0 spiro atoms. The molecule has 114 valence electrons. The molecule has 1 fully saturated rings. The van der Waals surface area contributed by atoms with Crippen molar-refractivity contribution in [1.29, 1.82) is 0 Å². The third kappa shape index (κ3) is 3.08. The van der Waals surface area contributed by atoms with Crippen molar-refractivity contribution in [2.24, 2.45) is 5.73 Å². The summed E-state index contributed by atoms with van der Waals surface area (Å²) in [6.07, 6.45) is 0. The van der Waals surface area contributed by atoms with Gasteiger partial charge in [-0.05, 0) is 19.1 Å². The quantitative estimate of drug-likeness (QED) is 0.660. The number of amides is 2. The summed E-state index contributed by atoms with van der Waals surface area (Å²) in [6.45, 7) is 3.55. The molecule has 1 aliphatic rings. The summed E-state index contributed by atoms with van der Waals surface area (Å²) in [5, 5.41) is 2.77.